The first kappa shape index (κ1) is 21.7. The quantitative estimate of drug-likeness (QED) is 0.377. The molecule has 0 radical (unpaired) electrons. The molecule has 4 aromatic rings. The van der Waals surface area contributed by atoms with Gasteiger partial charge in [0.1, 0.15) is 0 Å². The number of hydrogen-bond donors (Lipinski definition) is 1. The molecular formula is C26H24N2O3S. The Morgan fingerprint density at radius 1 is 1.03 bits per heavy atom. The zero-order valence-corrected chi connectivity index (χ0v) is 18.6. The monoisotopic (exact) mass is 444 g/mol. The summed E-state index contributed by atoms with van der Waals surface area (Å²) in [5.74, 6) is -0.963. The largest absolute Gasteiger partial charge is 0.478 e. The summed E-state index contributed by atoms with van der Waals surface area (Å²) in [7, 11) is 0. The van der Waals surface area contributed by atoms with Gasteiger partial charge in [0.2, 0.25) is 0 Å². The van der Waals surface area contributed by atoms with Gasteiger partial charge in [0.25, 0.3) is 5.56 Å². The fourth-order valence-corrected chi connectivity index (χ4v) is 4.47. The Morgan fingerprint density at radius 3 is 2.47 bits per heavy atom. The number of aryl methyl sites for hydroxylation is 1. The highest BCUT2D eigenvalue weighted by Crippen LogP contribution is 2.28. The fraction of sp³-hybridized carbons (Fsp3) is 0.192. The highest BCUT2D eigenvalue weighted by atomic mass is 32.1. The molecule has 2 aromatic carbocycles. The van der Waals surface area contributed by atoms with Crippen LogP contribution in [0, 0.1) is 0 Å². The number of benzene rings is 2. The molecule has 0 aliphatic heterocycles. The molecule has 1 N–H and O–H groups in total. The van der Waals surface area contributed by atoms with Gasteiger partial charge < -0.3 is 5.11 Å². The van der Waals surface area contributed by atoms with E-state index in [2.05, 4.69) is 11.9 Å². The van der Waals surface area contributed by atoms with E-state index in [4.69, 9.17) is 0 Å². The first-order valence-corrected chi connectivity index (χ1v) is 11.5. The van der Waals surface area contributed by atoms with Crippen LogP contribution < -0.4 is 5.56 Å². The van der Waals surface area contributed by atoms with E-state index in [1.807, 2.05) is 47.8 Å². The number of carboxylic acids is 1. The van der Waals surface area contributed by atoms with E-state index in [0.717, 1.165) is 41.0 Å². The Labute approximate surface area is 190 Å². The maximum absolute atomic E-state index is 13.4. The van der Waals surface area contributed by atoms with Crippen molar-refractivity contribution in [1.29, 1.82) is 0 Å². The number of thiophene rings is 1. The summed E-state index contributed by atoms with van der Waals surface area (Å²) >= 11 is 1.61. The number of aromatic carboxylic acids is 1. The lowest BCUT2D eigenvalue weighted by Crippen LogP contribution is -2.24. The van der Waals surface area contributed by atoms with Gasteiger partial charge in [-0.05, 0) is 47.0 Å². The van der Waals surface area contributed by atoms with Crippen molar-refractivity contribution in [3.8, 4) is 22.3 Å². The molecule has 5 nitrogen and oxygen atoms in total. The lowest BCUT2D eigenvalue weighted by molar-refractivity contribution is 0.0697. The van der Waals surface area contributed by atoms with Gasteiger partial charge in [-0.2, -0.15) is 0 Å². The van der Waals surface area contributed by atoms with Crippen LogP contribution >= 0.6 is 11.3 Å². The second kappa shape index (κ2) is 9.75. The minimum absolute atomic E-state index is 0.0572. The van der Waals surface area contributed by atoms with Crippen molar-refractivity contribution >= 4 is 17.3 Å². The van der Waals surface area contributed by atoms with E-state index < -0.39 is 5.97 Å². The fourth-order valence-electron chi connectivity index (χ4n) is 3.77. The van der Waals surface area contributed by atoms with E-state index >= 15 is 0 Å². The summed E-state index contributed by atoms with van der Waals surface area (Å²) in [6, 6.07) is 18.4. The van der Waals surface area contributed by atoms with Crippen LogP contribution in [0.15, 0.2) is 77.2 Å². The summed E-state index contributed by atoms with van der Waals surface area (Å²) < 4.78 is 1.66. The smallest absolute Gasteiger partial charge is 0.336 e. The molecule has 0 saturated carbocycles. The molecule has 162 valence electrons. The lowest BCUT2D eigenvalue weighted by Gasteiger charge is -2.13. The van der Waals surface area contributed by atoms with Crippen LogP contribution in [0.5, 0.6) is 0 Å². The molecule has 0 atom stereocenters. The number of hydrogen-bond acceptors (Lipinski definition) is 4. The Hall–Kier alpha value is -3.51. The van der Waals surface area contributed by atoms with Crippen LogP contribution in [0.25, 0.3) is 22.3 Å². The number of unbranched alkanes of at least 4 members (excludes halogenated alkanes) is 1. The molecule has 0 fully saturated rings. The minimum Gasteiger partial charge on any atom is -0.478 e. The summed E-state index contributed by atoms with van der Waals surface area (Å²) in [4.78, 5) is 30.8. The van der Waals surface area contributed by atoms with Crippen molar-refractivity contribution in [2.24, 2.45) is 0 Å². The second-order valence-electron chi connectivity index (χ2n) is 7.61. The third kappa shape index (κ3) is 4.55. The molecule has 2 aromatic heterocycles. The molecule has 0 aliphatic rings. The normalized spacial score (nSPS) is 10.9. The van der Waals surface area contributed by atoms with Crippen LogP contribution in [0.4, 0.5) is 0 Å². The third-order valence-electron chi connectivity index (χ3n) is 5.43. The molecule has 0 unspecified atom stereocenters. The predicted octanol–water partition coefficient (Wildman–Crippen LogP) is 5.73. The van der Waals surface area contributed by atoms with Crippen LogP contribution in [0.1, 0.15) is 40.7 Å². The van der Waals surface area contributed by atoms with Crippen LogP contribution in [-0.2, 0) is 13.0 Å². The van der Waals surface area contributed by atoms with Gasteiger partial charge in [-0.1, -0.05) is 61.9 Å². The lowest BCUT2D eigenvalue weighted by atomic mass is 9.96. The molecule has 4 rings (SSSR count). The van der Waals surface area contributed by atoms with Gasteiger partial charge in [-0.15, -0.1) is 11.3 Å². The van der Waals surface area contributed by atoms with Crippen LogP contribution in [0.3, 0.4) is 0 Å². The minimum atomic E-state index is -0.963. The number of carbonyl (C=O) groups is 1. The van der Waals surface area contributed by atoms with Gasteiger partial charge in [0, 0.05) is 4.88 Å². The van der Waals surface area contributed by atoms with Crippen molar-refractivity contribution in [3.63, 3.8) is 0 Å². The van der Waals surface area contributed by atoms with Crippen molar-refractivity contribution in [2.75, 3.05) is 0 Å². The Bertz CT molecular complexity index is 1280. The zero-order chi connectivity index (χ0) is 22.5. The van der Waals surface area contributed by atoms with Crippen molar-refractivity contribution < 1.29 is 9.90 Å². The summed E-state index contributed by atoms with van der Waals surface area (Å²) in [6.45, 7) is 2.61. The van der Waals surface area contributed by atoms with Gasteiger partial charge in [-0.3, -0.25) is 9.36 Å². The maximum atomic E-state index is 13.4. The van der Waals surface area contributed by atoms with Gasteiger partial charge >= 0.3 is 5.97 Å². The molecule has 0 bridgehead atoms. The molecule has 32 heavy (non-hydrogen) atoms. The second-order valence-corrected chi connectivity index (χ2v) is 8.64. The average Bonchev–Trinajstić information content (AvgIpc) is 3.32. The van der Waals surface area contributed by atoms with Crippen molar-refractivity contribution in [1.82, 2.24) is 9.55 Å². The Kier molecular flexibility index (Phi) is 6.61. The molecule has 0 aliphatic carbocycles. The van der Waals surface area contributed by atoms with Gasteiger partial charge in [0.05, 0.1) is 29.7 Å². The number of aromatic nitrogens is 2. The van der Waals surface area contributed by atoms with E-state index in [1.54, 1.807) is 40.4 Å². The van der Waals surface area contributed by atoms with Crippen molar-refractivity contribution in [3.05, 3.63) is 98.9 Å². The van der Waals surface area contributed by atoms with E-state index in [9.17, 15) is 14.7 Å². The molecule has 6 heteroatoms. The van der Waals surface area contributed by atoms with E-state index in [1.165, 1.54) is 0 Å². The third-order valence-corrected chi connectivity index (χ3v) is 6.29. The first-order valence-electron chi connectivity index (χ1n) is 10.6. The Morgan fingerprint density at radius 2 is 1.78 bits per heavy atom. The van der Waals surface area contributed by atoms with E-state index in [0.29, 0.717) is 17.7 Å². The molecule has 0 amide bonds. The van der Waals surface area contributed by atoms with Crippen LogP contribution in [-0.4, -0.2) is 20.6 Å². The standard InChI is InChI=1S/C26H24N2O3S/c1-2-3-10-23-24(25(29)28(17-27-23)16-20-7-6-15-32-20)19-13-11-18(12-14-19)21-8-4-5-9-22(21)26(30)31/h4-9,11-15,17H,2-3,10,16H2,1H3,(H,30,31). The summed E-state index contributed by atoms with van der Waals surface area (Å²) in [5, 5.41) is 11.5. The summed E-state index contributed by atoms with van der Waals surface area (Å²) in [5.41, 5.74) is 3.87. The number of nitrogens with zero attached hydrogens (tertiary/aromatic N) is 2. The highest BCUT2D eigenvalue weighted by Gasteiger charge is 2.16. The molecular weight excluding hydrogens is 420 g/mol. The summed E-state index contributed by atoms with van der Waals surface area (Å²) in [6.07, 6.45) is 4.36. The van der Waals surface area contributed by atoms with Crippen molar-refractivity contribution in [2.45, 2.75) is 32.7 Å². The number of rotatable bonds is 8. The SMILES string of the molecule is CCCCc1ncn(Cc2cccs2)c(=O)c1-c1ccc(-c2ccccc2C(=O)O)cc1. The topological polar surface area (TPSA) is 72.2 Å². The number of carboxylic acid groups (broad SMARTS) is 1. The van der Waals surface area contributed by atoms with E-state index in [-0.39, 0.29) is 11.1 Å². The highest BCUT2D eigenvalue weighted by molar-refractivity contribution is 7.09. The average molecular weight is 445 g/mol. The molecule has 0 saturated heterocycles. The Balaban J connectivity index is 1.76. The molecule has 0 spiro atoms. The molecule has 2 heterocycles. The maximum Gasteiger partial charge on any atom is 0.336 e. The first-order chi connectivity index (χ1) is 15.6. The van der Waals surface area contributed by atoms with Gasteiger partial charge in [0.15, 0.2) is 0 Å². The zero-order valence-electron chi connectivity index (χ0n) is 17.8. The van der Waals surface area contributed by atoms with Crippen LogP contribution in [0.2, 0.25) is 0 Å². The predicted molar refractivity (Wildman–Crippen MR) is 128 cm³/mol. The van der Waals surface area contributed by atoms with Gasteiger partial charge in [-0.25, -0.2) is 9.78 Å².